The molecule has 0 unspecified atom stereocenters. The number of nitrogens with zero attached hydrogens (tertiary/aromatic N) is 2. The first-order valence-corrected chi connectivity index (χ1v) is 14.9. The molecule has 7 nitrogen and oxygen atoms in total. The van der Waals surface area contributed by atoms with Crippen molar-refractivity contribution in [1.82, 2.24) is 10.2 Å². The van der Waals surface area contributed by atoms with Gasteiger partial charge in [0.05, 0.1) is 22.0 Å². The average Bonchev–Trinajstić information content (AvgIpc) is 3.36. The summed E-state index contributed by atoms with van der Waals surface area (Å²) in [6.07, 6.45) is 4.81. The smallest absolute Gasteiger partial charge is 0.242 e. The molecule has 0 aromatic heterocycles. The molecule has 0 saturated heterocycles. The Morgan fingerprint density at radius 2 is 1.74 bits per heavy atom. The zero-order valence-electron chi connectivity index (χ0n) is 21.2. The SMILES string of the molecule is C[C@@H](C(=O)NC1CCCC1)N(Cc1ccc(Cl)c(Cl)c1)C(=O)CCCN(c1ccc(F)c(F)c1)S(C)(=O)=O. The number of rotatable bonds is 11. The van der Waals surface area contributed by atoms with Crippen molar-refractivity contribution in [3.05, 3.63) is 63.6 Å². The number of nitrogens with one attached hydrogen (secondary N) is 1. The van der Waals surface area contributed by atoms with Crippen molar-refractivity contribution in [2.45, 2.75) is 64.1 Å². The summed E-state index contributed by atoms with van der Waals surface area (Å²) in [5.41, 5.74) is 0.628. The third-order valence-corrected chi connectivity index (χ3v) is 8.48. The zero-order chi connectivity index (χ0) is 28.0. The number of hydrogen-bond donors (Lipinski definition) is 1. The van der Waals surface area contributed by atoms with Gasteiger partial charge in [-0.15, -0.1) is 0 Å². The average molecular weight is 591 g/mol. The molecule has 0 aliphatic heterocycles. The molecule has 1 N–H and O–H groups in total. The standard InChI is InChI=1S/C26H31Cl2F2N3O4S/c1-17(26(35)31-19-6-3-4-7-19)32(16-18-9-11-21(27)22(28)14-18)25(34)8-5-13-33(38(2,36)37)20-10-12-23(29)24(30)15-20/h9-12,14-15,17,19H,3-8,13,16H2,1-2H3,(H,31,35)/t17-/m0/s1. The molecule has 0 radical (unpaired) electrons. The van der Waals surface area contributed by atoms with Gasteiger partial charge in [0.25, 0.3) is 0 Å². The first kappa shape index (κ1) is 30.1. The van der Waals surface area contributed by atoms with Crippen LogP contribution in [0.3, 0.4) is 0 Å². The maximum atomic E-state index is 13.7. The summed E-state index contributed by atoms with van der Waals surface area (Å²) in [4.78, 5) is 27.8. The third-order valence-electron chi connectivity index (χ3n) is 6.55. The van der Waals surface area contributed by atoms with Gasteiger partial charge >= 0.3 is 0 Å². The van der Waals surface area contributed by atoms with Crippen LogP contribution in [0.4, 0.5) is 14.5 Å². The minimum Gasteiger partial charge on any atom is -0.352 e. The van der Waals surface area contributed by atoms with E-state index < -0.39 is 27.7 Å². The number of carbonyl (C=O) groups is 2. The van der Waals surface area contributed by atoms with Gasteiger partial charge in [0, 0.05) is 31.6 Å². The van der Waals surface area contributed by atoms with E-state index in [2.05, 4.69) is 5.32 Å². The lowest BCUT2D eigenvalue weighted by molar-refractivity contribution is -0.141. The largest absolute Gasteiger partial charge is 0.352 e. The second-order valence-electron chi connectivity index (χ2n) is 9.47. The highest BCUT2D eigenvalue weighted by atomic mass is 35.5. The van der Waals surface area contributed by atoms with Crippen LogP contribution in [0.25, 0.3) is 0 Å². The van der Waals surface area contributed by atoms with Gasteiger partial charge in [-0.2, -0.15) is 0 Å². The molecule has 3 rings (SSSR count). The summed E-state index contributed by atoms with van der Waals surface area (Å²) in [7, 11) is -3.84. The minimum atomic E-state index is -3.84. The number of carbonyl (C=O) groups excluding carboxylic acids is 2. The predicted octanol–water partition coefficient (Wildman–Crippen LogP) is 5.29. The molecule has 38 heavy (non-hydrogen) atoms. The predicted molar refractivity (Wildman–Crippen MR) is 145 cm³/mol. The first-order valence-electron chi connectivity index (χ1n) is 12.3. The van der Waals surface area contributed by atoms with Crippen molar-refractivity contribution in [3.63, 3.8) is 0 Å². The number of hydrogen-bond acceptors (Lipinski definition) is 4. The van der Waals surface area contributed by atoms with Gasteiger partial charge in [-0.25, -0.2) is 17.2 Å². The van der Waals surface area contributed by atoms with Crippen molar-refractivity contribution in [2.75, 3.05) is 17.1 Å². The number of anilines is 1. The van der Waals surface area contributed by atoms with Crippen LogP contribution in [0, 0.1) is 11.6 Å². The van der Waals surface area contributed by atoms with E-state index in [1.54, 1.807) is 25.1 Å². The van der Waals surface area contributed by atoms with E-state index >= 15 is 0 Å². The summed E-state index contributed by atoms with van der Waals surface area (Å²) in [6, 6.07) is 7.03. The highest BCUT2D eigenvalue weighted by molar-refractivity contribution is 7.92. The van der Waals surface area contributed by atoms with Crippen molar-refractivity contribution in [3.8, 4) is 0 Å². The van der Waals surface area contributed by atoms with Crippen LogP contribution < -0.4 is 9.62 Å². The summed E-state index contributed by atoms with van der Waals surface area (Å²) < 4.78 is 52.7. The van der Waals surface area contributed by atoms with E-state index in [9.17, 15) is 26.8 Å². The Kier molecular flexibility index (Phi) is 10.4. The van der Waals surface area contributed by atoms with Crippen LogP contribution >= 0.6 is 23.2 Å². The number of halogens is 4. The molecule has 1 fully saturated rings. The van der Waals surface area contributed by atoms with Crippen molar-refractivity contribution >= 4 is 50.7 Å². The fourth-order valence-corrected chi connectivity index (χ4v) is 5.73. The normalized spacial score (nSPS) is 14.8. The number of benzene rings is 2. The lowest BCUT2D eigenvalue weighted by Gasteiger charge is -2.30. The van der Waals surface area contributed by atoms with Gasteiger partial charge in [-0.05, 0) is 56.0 Å². The minimum absolute atomic E-state index is 0.0455. The topological polar surface area (TPSA) is 86.8 Å². The molecule has 2 amide bonds. The molecule has 1 atom stereocenters. The Balaban J connectivity index is 1.75. The molecule has 2 aromatic carbocycles. The van der Waals surface area contributed by atoms with Crippen molar-refractivity contribution in [1.29, 1.82) is 0 Å². The maximum Gasteiger partial charge on any atom is 0.242 e. The molecule has 208 valence electrons. The van der Waals surface area contributed by atoms with Crippen LogP contribution in [0.15, 0.2) is 36.4 Å². The van der Waals surface area contributed by atoms with Gasteiger partial charge in [-0.3, -0.25) is 13.9 Å². The molecule has 1 saturated carbocycles. The second-order valence-corrected chi connectivity index (χ2v) is 12.2. The Hall–Kier alpha value is -2.43. The Bertz CT molecular complexity index is 1270. The number of sulfonamides is 1. The molecule has 0 spiro atoms. The van der Waals surface area contributed by atoms with Crippen molar-refractivity contribution in [2.24, 2.45) is 0 Å². The van der Waals surface area contributed by atoms with Crippen LogP contribution in [0.5, 0.6) is 0 Å². The van der Waals surface area contributed by atoms with Crippen LogP contribution in [0.1, 0.15) is 51.0 Å². The fraction of sp³-hybridized carbons (Fsp3) is 0.462. The van der Waals surface area contributed by atoms with Crippen LogP contribution in [-0.2, 0) is 26.2 Å². The summed E-state index contributed by atoms with van der Waals surface area (Å²) >= 11 is 12.2. The van der Waals surface area contributed by atoms with E-state index in [-0.39, 0.29) is 49.5 Å². The van der Waals surface area contributed by atoms with E-state index in [1.807, 2.05) is 0 Å². The van der Waals surface area contributed by atoms with E-state index in [4.69, 9.17) is 23.2 Å². The van der Waals surface area contributed by atoms with Gasteiger partial charge in [-0.1, -0.05) is 42.1 Å². The summed E-state index contributed by atoms with van der Waals surface area (Å²) in [5.74, 6) is -2.92. The Morgan fingerprint density at radius 3 is 2.34 bits per heavy atom. The van der Waals surface area contributed by atoms with Gasteiger partial charge < -0.3 is 10.2 Å². The molecular formula is C26H31Cl2F2N3O4S. The maximum absolute atomic E-state index is 13.7. The molecule has 2 aromatic rings. The molecule has 0 bridgehead atoms. The van der Waals surface area contributed by atoms with Crippen molar-refractivity contribution < 1.29 is 26.8 Å². The monoisotopic (exact) mass is 589 g/mol. The summed E-state index contributed by atoms with van der Waals surface area (Å²) in [6.45, 7) is 1.59. The van der Waals surface area contributed by atoms with E-state index in [0.717, 1.165) is 54.4 Å². The van der Waals surface area contributed by atoms with Gasteiger partial charge in [0.15, 0.2) is 11.6 Å². The molecule has 1 aliphatic rings. The van der Waals surface area contributed by atoms with Crippen LogP contribution in [-0.4, -0.2) is 50.0 Å². The van der Waals surface area contributed by atoms with Crippen LogP contribution in [0.2, 0.25) is 10.0 Å². The quantitative estimate of drug-likeness (QED) is 0.385. The first-order chi connectivity index (χ1) is 17.9. The zero-order valence-corrected chi connectivity index (χ0v) is 23.6. The van der Waals surface area contributed by atoms with E-state index in [1.165, 1.54) is 4.90 Å². The molecule has 1 aliphatic carbocycles. The highest BCUT2D eigenvalue weighted by Gasteiger charge is 2.29. The Labute approximate surface area is 232 Å². The highest BCUT2D eigenvalue weighted by Crippen LogP contribution is 2.25. The third kappa shape index (κ3) is 8.04. The molecule has 12 heteroatoms. The second kappa shape index (κ2) is 13.1. The lowest BCUT2D eigenvalue weighted by atomic mass is 10.1. The molecular weight excluding hydrogens is 559 g/mol. The lowest BCUT2D eigenvalue weighted by Crippen LogP contribution is -2.49. The summed E-state index contributed by atoms with van der Waals surface area (Å²) in [5, 5.41) is 3.69. The van der Waals surface area contributed by atoms with E-state index in [0.29, 0.717) is 15.6 Å². The Morgan fingerprint density at radius 1 is 1.05 bits per heavy atom. The fourth-order valence-electron chi connectivity index (χ4n) is 4.45. The number of amides is 2. The molecule has 0 heterocycles. The van der Waals surface area contributed by atoms with Gasteiger partial charge in [0.2, 0.25) is 21.8 Å². The van der Waals surface area contributed by atoms with Gasteiger partial charge in [0.1, 0.15) is 6.04 Å².